The lowest BCUT2D eigenvalue weighted by molar-refractivity contribution is 0.0446. The zero-order valence-electron chi connectivity index (χ0n) is 15.3. The molecule has 5 heteroatoms. The molecule has 27 heavy (non-hydrogen) atoms. The van der Waals surface area contributed by atoms with Crippen LogP contribution >= 0.6 is 0 Å². The fourth-order valence-electron chi connectivity index (χ4n) is 3.31. The SMILES string of the molecule is CC1Oc2c(C(=O)OCCOc3ccnc4ccccc34)cccc2C1C. The number of hydrogen-bond donors (Lipinski definition) is 0. The van der Waals surface area contributed by atoms with Gasteiger partial charge in [-0.05, 0) is 31.2 Å². The number of carbonyl (C=O) groups excluding carboxylic acids is 1. The Bertz CT molecular complexity index is 980. The highest BCUT2D eigenvalue weighted by molar-refractivity contribution is 5.93. The summed E-state index contributed by atoms with van der Waals surface area (Å²) in [5.74, 6) is 1.24. The highest BCUT2D eigenvalue weighted by Crippen LogP contribution is 2.40. The average Bonchev–Trinajstić information content (AvgIpc) is 2.99. The third-order valence-electron chi connectivity index (χ3n) is 4.95. The number of pyridine rings is 1. The third-order valence-corrected chi connectivity index (χ3v) is 4.95. The number of aromatic nitrogens is 1. The van der Waals surface area contributed by atoms with E-state index in [0.29, 0.717) is 11.3 Å². The first-order valence-corrected chi connectivity index (χ1v) is 9.08. The largest absolute Gasteiger partial charge is 0.489 e. The molecule has 3 aromatic rings. The molecule has 2 aromatic carbocycles. The second-order valence-corrected chi connectivity index (χ2v) is 6.65. The molecule has 4 rings (SSSR count). The van der Waals surface area contributed by atoms with Crippen LogP contribution in [0, 0.1) is 0 Å². The molecule has 0 bridgehead atoms. The minimum absolute atomic E-state index is 0.0530. The zero-order valence-corrected chi connectivity index (χ0v) is 15.3. The molecule has 0 saturated heterocycles. The quantitative estimate of drug-likeness (QED) is 0.498. The fraction of sp³-hybridized carbons (Fsp3) is 0.273. The van der Waals surface area contributed by atoms with Gasteiger partial charge in [-0.2, -0.15) is 0 Å². The monoisotopic (exact) mass is 363 g/mol. The van der Waals surface area contributed by atoms with E-state index in [9.17, 15) is 4.79 Å². The molecule has 138 valence electrons. The summed E-state index contributed by atoms with van der Waals surface area (Å²) in [5.41, 5.74) is 2.39. The van der Waals surface area contributed by atoms with E-state index in [-0.39, 0.29) is 25.2 Å². The van der Waals surface area contributed by atoms with Crippen molar-refractivity contribution in [1.29, 1.82) is 0 Å². The first-order chi connectivity index (χ1) is 13.1. The molecular weight excluding hydrogens is 342 g/mol. The summed E-state index contributed by atoms with van der Waals surface area (Å²) in [5, 5.41) is 0.934. The first kappa shape index (κ1) is 17.3. The lowest BCUT2D eigenvalue weighted by Gasteiger charge is -2.11. The maximum atomic E-state index is 12.5. The van der Waals surface area contributed by atoms with E-state index in [2.05, 4.69) is 11.9 Å². The Morgan fingerprint density at radius 2 is 1.93 bits per heavy atom. The van der Waals surface area contributed by atoms with Gasteiger partial charge in [-0.3, -0.25) is 4.98 Å². The third kappa shape index (κ3) is 3.33. The van der Waals surface area contributed by atoms with Crippen molar-refractivity contribution in [2.75, 3.05) is 13.2 Å². The van der Waals surface area contributed by atoms with Crippen molar-refractivity contribution in [2.24, 2.45) is 0 Å². The smallest absolute Gasteiger partial charge is 0.342 e. The maximum absolute atomic E-state index is 12.5. The summed E-state index contributed by atoms with van der Waals surface area (Å²) in [6, 6.07) is 15.2. The molecule has 1 aliphatic heterocycles. The molecule has 0 radical (unpaired) electrons. The van der Waals surface area contributed by atoms with Crippen molar-refractivity contribution in [3.8, 4) is 11.5 Å². The fourth-order valence-corrected chi connectivity index (χ4v) is 3.31. The number of benzene rings is 2. The van der Waals surface area contributed by atoms with Gasteiger partial charge < -0.3 is 14.2 Å². The molecule has 0 aliphatic carbocycles. The summed E-state index contributed by atoms with van der Waals surface area (Å²) in [6.07, 6.45) is 1.76. The standard InChI is InChI=1S/C22H21NO4/c1-14-15(2)27-21-16(14)7-5-8-18(21)22(24)26-13-12-25-20-10-11-23-19-9-4-3-6-17(19)20/h3-11,14-15H,12-13H2,1-2H3. The number of hydrogen-bond acceptors (Lipinski definition) is 5. The number of esters is 1. The lowest BCUT2D eigenvalue weighted by atomic mass is 9.97. The van der Waals surface area contributed by atoms with E-state index < -0.39 is 5.97 Å². The Labute approximate surface area is 157 Å². The lowest BCUT2D eigenvalue weighted by Crippen LogP contribution is -2.14. The van der Waals surface area contributed by atoms with Crippen LogP contribution in [0.4, 0.5) is 0 Å². The molecule has 1 aromatic heterocycles. The minimum atomic E-state index is -0.392. The van der Waals surface area contributed by atoms with Crippen molar-refractivity contribution in [2.45, 2.75) is 25.9 Å². The molecule has 5 nitrogen and oxygen atoms in total. The van der Waals surface area contributed by atoms with Crippen LogP contribution in [0.3, 0.4) is 0 Å². The average molecular weight is 363 g/mol. The van der Waals surface area contributed by atoms with Gasteiger partial charge in [-0.1, -0.05) is 31.2 Å². The molecule has 2 atom stereocenters. The van der Waals surface area contributed by atoms with Gasteiger partial charge in [0, 0.05) is 23.1 Å². The van der Waals surface area contributed by atoms with E-state index in [1.807, 2.05) is 49.4 Å². The van der Waals surface area contributed by atoms with Crippen LogP contribution in [0.1, 0.15) is 35.7 Å². The van der Waals surface area contributed by atoms with Crippen LogP contribution in [-0.4, -0.2) is 30.3 Å². The second-order valence-electron chi connectivity index (χ2n) is 6.65. The predicted octanol–water partition coefficient (Wildman–Crippen LogP) is 4.36. The van der Waals surface area contributed by atoms with Gasteiger partial charge in [0.25, 0.3) is 0 Å². The Morgan fingerprint density at radius 1 is 1.07 bits per heavy atom. The van der Waals surface area contributed by atoms with Crippen LogP contribution in [-0.2, 0) is 4.74 Å². The van der Waals surface area contributed by atoms with Crippen molar-refractivity contribution in [1.82, 2.24) is 4.98 Å². The Kier molecular flexibility index (Phi) is 4.67. The van der Waals surface area contributed by atoms with Gasteiger partial charge >= 0.3 is 5.97 Å². The summed E-state index contributed by atoms with van der Waals surface area (Å²) in [7, 11) is 0. The van der Waals surface area contributed by atoms with Gasteiger partial charge in [-0.25, -0.2) is 4.79 Å². The molecular formula is C22H21NO4. The number of para-hydroxylation sites is 2. The first-order valence-electron chi connectivity index (χ1n) is 9.08. The molecule has 0 amide bonds. The van der Waals surface area contributed by atoms with E-state index >= 15 is 0 Å². The van der Waals surface area contributed by atoms with Crippen molar-refractivity contribution < 1.29 is 19.0 Å². The molecule has 2 unspecified atom stereocenters. The van der Waals surface area contributed by atoms with E-state index in [0.717, 1.165) is 22.2 Å². The topological polar surface area (TPSA) is 57.7 Å². The van der Waals surface area contributed by atoms with Crippen LogP contribution in [0.25, 0.3) is 10.9 Å². The molecule has 1 aliphatic rings. The molecule has 0 saturated carbocycles. The van der Waals surface area contributed by atoms with Gasteiger partial charge in [0.15, 0.2) is 0 Å². The number of rotatable bonds is 5. The van der Waals surface area contributed by atoms with Crippen LogP contribution in [0.2, 0.25) is 0 Å². The highest BCUT2D eigenvalue weighted by Gasteiger charge is 2.31. The summed E-state index contributed by atoms with van der Waals surface area (Å²) in [6.45, 7) is 4.53. The van der Waals surface area contributed by atoms with E-state index in [1.54, 1.807) is 12.3 Å². The normalized spacial score (nSPS) is 18.0. The van der Waals surface area contributed by atoms with Gasteiger partial charge in [0.2, 0.25) is 0 Å². The molecule has 0 N–H and O–H groups in total. The number of fused-ring (bicyclic) bond motifs is 2. The van der Waals surface area contributed by atoms with Gasteiger partial charge in [-0.15, -0.1) is 0 Å². The van der Waals surface area contributed by atoms with Crippen molar-refractivity contribution in [3.63, 3.8) is 0 Å². The van der Waals surface area contributed by atoms with Gasteiger partial charge in [0.05, 0.1) is 5.52 Å². The minimum Gasteiger partial charge on any atom is -0.489 e. The summed E-state index contributed by atoms with van der Waals surface area (Å²) < 4.78 is 17.0. The Balaban J connectivity index is 1.38. The van der Waals surface area contributed by atoms with Crippen molar-refractivity contribution >= 4 is 16.9 Å². The number of ether oxygens (including phenoxy) is 3. The number of carbonyl (C=O) groups is 1. The Morgan fingerprint density at radius 3 is 2.81 bits per heavy atom. The maximum Gasteiger partial charge on any atom is 0.342 e. The number of nitrogens with zero attached hydrogens (tertiary/aromatic N) is 1. The van der Waals surface area contributed by atoms with Crippen LogP contribution in [0.15, 0.2) is 54.7 Å². The summed E-state index contributed by atoms with van der Waals surface area (Å²) >= 11 is 0. The van der Waals surface area contributed by atoms with E-state index in [4.69, 9.17) is 14.2 Å². The predicted molar refractivity (Wildman–Crippen MR) is 102 cm³/mol. The molecule has 2 heterocycles. The Hall–Kier alpha value is -3.08. The van der Waals surface area contributed by atoms with Crippen LogP contribution < -0.4 is 9.47 Å². The van der Waals surface area contributed by atoms with Crippen molar-refractivity contribution in [3.05, 3.63) is 65.9 Å². The second kappa shape index (κ2) is 7.27. The highest BCUT2D eigenvalue weighted by atomic mass is 16.6. The molecule has 0 fully saturated rings. The van der Waals surface area contributed by atoms with Gasteiger partial charge in [0.1, 0.15) is 36.4 Å². The summed E-state index contributed by atoms with van der Waals surface area (Å²) in [4.78, 5) is 16.8. The zero-order chi connectivity index (χ0) is 18.8. The van der Waals surface area contributed by atoms with E-state index in [1.165, 1.54) is 0 Å². The van der Waals surface area contributed by atoms with Crippen LogP contribution in [0.5, 0.6) is 11.5 Å². The molecule has 0 spiro atoms.